The molecule has 0 aliphatic carbocycles. The zero-order valence-corrected chi connectivity index (χ0v) is 15.8. The number of halogens is 2. The van der Waals surface area contributed by atoms with Crippen LogP contribution in [0.3, 0.4) is 0 Å². The molecule has 1 heterocycles. The first kappa shape index (κ1) is 19.6. The Morgan fingerprint density at radius 3 is 2.57 bits per heavy atom. The second kappa shape index (κ2) is 8.24. The highest BCUT2D eigenvalue weighted by atomic mass is 35.5. The molecule has 0 aliphatic rings. The Bertz CT molecular complexity index is 1130. The number of nitrogens with one attached hydrogen (secondary N) is 1. The number of benzene rings is 2. The van der Waals surface area contributed by atoms with Crippen molar-refractivity contribution in [2.24, 2.45) is 0 Å². The Balaban J connectivity index is 1.85. The molecule has 1 amide bonds. The first-order valence-electron chi connectivity index (χ1n) is 8.04. The van der Waals surface area contributed by atoms with Crippen molar-refractivity contribution in [3.05, 3.63) is 102 Å². The SMILES string of the molecule is O=C(Nc1ccc(Cl)c(Cl)c1)c1cccn(Cc2cccc([N+](=O)[O-])c2)c1=O. The van der Waals surface area contributed by atoms with Gasteiger partial charge in [-0.2, -0.15) is 0 Å². The molecule has 0 spiro atoms. The van der Waals surface area contributed by atoms with Crippen LogP contribution in [0.15, 0.2) is 65.6 Å². The van der Waals surface area contributed by atoms with Crippen LogP contribution < -0.4 is 10.9 Å². The first-order valence-corrected chi connectivity index (χ1v) is 8.80. The van der Waals surface area contributed by atoms with E-state index >= 15 is 0 Å². The van der Waals surface area contributed by atoms with Crippen molar-refractivity contribution in [1.82, 2.24) is 4.57 Å². The second-order valence-corrected chi connectivity index (χ2v) is 6.68. The normalized spacial score (nSPS) is 10.5. The van der Waals surface area contributed by atoms with Crippen LogP contribution in [0.4, 0.5) is 11.4 Å². The number of carbonyl (C=O) groups excluding carboxylic acids is 1. The predicted molar refractivity (Wildman–Crippen MR) is 107 cm³/mol. The van der Waals surface area contributed by atoms with Crippen LogP contribution in [0, 0.1) is 10.1 Å². The molecular formula is C19H13Cl2N3O4. The lowest BCUT2D eigenvalue weighted by Gasteiger charge is -2.09. The summed E-state index contributed by atoms with van der Waals surface area (Å²) in [6, 6.07) is 13.5. The Morgan fingerprint density at radius 2 is 1.86 bits per heavy atom. The molecule has 7 nitrogen and oxygen atoms in total. The second-order valence-electron chi connectivity index (χ2n) is 5.86. The molecule has 0 bridgehead atoms. The van der Waals surface area contributed by atoms with E-state index < -0.39 is 16.4 Å². The van der Waals surface area contributed by atoms with Gasteiger partial charge in [-0.1, -0.05) is 35.3 Å². The van der Waals surface area contributed by atoms with E-state index in [2.05, 4.69) is 5.32 Å². The minimum Gasteiger partial charge on any atom is -0.322 e. The van der Waals surface area contributed by atoms with Gasteiger partial charge in [-0.3, -0.25) is 19.7 Å². The van der Waals surface area contributed by atoms with Gasteiger partial charge < -0.3 is 9.88 Å². The topological polar surface area (TPSA) is 94.2 Å². The third kappa shape index (κ3) is 4.39. The van der Waals surface area contributed by atoms with Crippen molar-refractivity contribution in [3.63, 3.8) is 0 Å². The number of pyridine rings is 1. The molecule has 9 heteroatoms. The van der Waals surface area contributed by atoms with Crippen molar-refractivity contribution in [2.45, 2.75) is 6.54 Å². The standard InChI is InChI=1S/C19H13Cl2N3O4/c20-16-7-6-13(10-17(16)21)22-18(25)15-5-2-8-23(19(15)26)11-12-3-1-4-14(9-12)24(27)28/h1-10H,11H2,(H,22,25). The summed E-state index contributed by atoms with van der Waals surface area (Å²) in [5, 5.41) is 14.1. The van der Waals surface area contributed by atoms with Crippen molar-refractivity contribution in [2.75, 3.05) is 5.32 Å². The molecular weight excluding hydrogens is 405 g/mol. The number of amides is 1. The van der Waals surface area contributed by atoms with Crippen LogP contribution in [-0.2, 0) is 6.54 Å². The molecule has 0 unspecified atom stereocenters. The predicted octanol–water partition coefficient (Wildman–Crippen LogP) is 4.36. The maximum absolute atomic E-state index is 12.7. The lowest BCUT2D eigenvalue weighted by atomic mass is 10.2. The van der Waals surface area contributed by atoms with Gasteiger partial charge in [0.05, 0.1) is 21.5 Å². The van der Waals surface area contributed by atoms with Crippen LogP contribution in [0.1, 0.15) is 15.9 Å². The maximum Gasteiger partial charge on any atom is 0.269 e. The van der Waals surface area contributed by atoms with Gasteiger partial charge in [-0.15, -0.1) is 0 Å². The highest BCUT2D eigenvalue weighted by Crippen LogP contribution is 2.25. The molecule has 3 aromatic rings. The molecule has 1 N–H and O–H groups in total. The smallest absolute Gasteiger partial charge is 0.269 e. The number of nitro groups is 1. The molecule has 1 aromatic heterocycles. The number of anilines is 1. The molecule has 2 aromatic carbocycles. The van der Waals surface area contributed by atoms with Gasteiger partial charge in [0.15, 0.2) is 0 Å². The fourth-order valence-electron chi connectivity index (χ4n) is 2.57. The number of carbonyl (C=O) groups is 1. The quantitative estimate of drug-likeness (QED) is 0.492. The minimum absolute atomic E-state index is 0.0703. The minimum atomic E-state index is -0.600. The van der Waals surface area contributed by atoms with Crippen molar-refractivity contribution in [3.8, 4) is 0 Å². The van der Waals surface area contributed by atoms with Gasteiger partial charge in [0.1, 0.15) is 5.56 Å². The molecule has 142 valence electrons. The third-order valence-corrected chi connectivity index (χ3v) is 4.66. The van der Waals surface area contributed by atoms with E-state index in [1.165, 1.54) is 41.1 Å². The van der Waals surface area contributed by atoms with Crippen molar-refractivity contribution >= 4 is 40.5 Å². The van der Waals surface area contributed by atoms with Crippen LogP contribution in [0.2, 0.25) is 10.0 Å². The fourth-order valence-corrected chi connectivity index (χ4v) is 2.87. The Kier molecular flexibility index (Phi) is 5.77. The number of nitro benzene ring substituents is 1. The number of non-ortho nitro benzene ring substituents is 1. The molecule has 0 saturated heterocycles. The van der Waals surface area contributed by atoms with Crippen LogP contribution in [-0.4, -0.2) is 15.4 Å². The molecule has 0 radical (unpaired) electrons. The number of nitrogens with zero attached hydrogens (tertiary/aromatic N) is 2. The summed E-state index contributed by atoms with van der Waals surface area (Å²) in [6.45, 7) is 0.0917. The molecule has 0 fully saturated rings. The number of rotatable bonds is 5. The summed E-state index contributed by atoms with van der Waals surface area (Å²) in [7, 11) is 0. The highest BCUT2D eigenvalue weighted by molar-refractivity contribution is 6.42. The Morgan fingerprint density at radius 1 is 1.07 bits per heavy atom. The lowest BCUT2D eigenvalue weighted by molar-refractivity contribution is -0.384. The Labute approximate surface area is 169 Å². The summed E-state index contributed by atoms with van der Waals surface area (Å²) < 4.78 is 1.31. The summed E-state index contributed by atoms with van der Waals surface area (Å²) in [6.07, 6.45) is 1.51. The van der Waals surface area contributed by atoms with E-state index in [0.29, 0.717) is 16.3 Å². The zero-order chi connectivity index (χ0) is 20.3. The van der Waals surface area contributed by atoms with E-state index in [1.54, 1.807) is 24.3 Å². The molecule has 28 heavy (non-hydrogen) atoms. The number of hydrogen-bond donors (Lipinski definition) is 1. The van der Waals surface area contributed by atoms with Gasteiger partial charge in [0, 0.05) is 24.0 Å². The van der Waals surface area contributed by atoms with Gasteiger partial charge >= 0.3 is 0 Å². The summed E-state index contributed by atoms with van der Waals surface area (Å²) in [5.41, 5.74) is 0.302. The van der Waals surface area contributed by atoms with E-state index in [-0.39, 0.29) is 22.8 Å². The van der Waals surface area contributed by atoms with Gasteiger partial charge in [0.2, 0.25) is 0 Å². The molecule has 0 saturated carbocycles. The fraction of sp³-hybridized carbons (Fsp3) is 0.0526. The Hall–Kier alpha value is -3.16. The first-order chi connectivity index (χ1) is 13.3. The number of aromatic nitrogens is 1. The zero-order valence-electron chi connectivity index (χ0n) is 14.3. The van der Waals surface area contributed by atoms with Crippen LogP contribution >= 0.6 is 23.2 Å². The monoisotopic (exact) mass is 417 g/mol. The highest BCUT2D eigenvalue weighted by Gasteiger charge is 2.14. The third-order valence-electron chi connectivity index (χ3n) is 3.92. The molecule has 0 atom stereocenters. The average molecular weight is 418 g/mol. The van der Waals surface area contributed by atoms with Crippen molar-refractivity contribution in [1.29, 1.82) is 0 Å². The van der Waals surface area contributed by atoms with E-state index in [1.807, 2.05) is 0 Å². The average Bonchev–Trinajstić information content (AvgIpc) is 2.66. The van der Waals surface area contributed by atoms with Crippen LogP contribution in [0.5, 0.6) is 0 Å². The molecule has 0 aliphatic heterocycles. The summed E-state index contributed by atoms with van der Waals surface area (Å²) >= 11 is 11.8. The summed E-state index contributed by atoms with van der Waals surface area (Å²) in [4.78, 5) is 35.5. The number of hydrogen-bond acceptors (Lipinski definition) is 4. The summed E-state index contributed by atoms with van der Waals surface area (Å²) in [5.74, 6) is -0.600. The van der Waals surface area contributed by atoms with E-state index in [9.17, 15) is 19.7 Å². The molecule has 3 rings (SSSR count). The largest absolute Gasteiger partial charge is 0.322 e. The maximum atomic E-state index is 12.7. The van der Waals surface area contributed by atoms with E-state index in [0.717, 1.165) is 0 Å². The van der Waals surface area contributed by atoms with Crippen LogP contribution in [0.25, 0.3) is 0 Å². The van der Waals surface area contributed by atoms with Gasteiger partial charge in [-0.05, 0) is 35.9 Å². The van der Waals surface area contributed by atoms with Gasteiger partial charge in [0.25, 0.3) is 17.2 Å². The van der Waals surface area contributed by atoms with Gasteiger partial charge in [-0.25, -0.2) is 0 Å². The van der Waals surface area contributed by atoms with E-state index in [4.69, 9.17) is 23.2 Å². The lowest BCUT2D eigenvalue weighted by Crippen LogP contribution is -2.29. The van der Waals surface area contributed by atoms with Crippen molar-refractivity contribution < 1.29 is 9.72 Å².